The van der Waals surface area contributed by atoms with Crippen LogP contribution in [0.15, 0.2) is 0 Å². The van der Waals surface area contributed by atoms with Gasteiger partial charge in [0.25, 0.3) is 10.2 Å². The molecule has 0 heterocycles. The molecule has 0 fully saturated rings. The van der Waals surface area contributed by atoms with Crippen molar-refractivity contribution in [2.45, 2.75) is 13.0 Å². The minimum absolute atomic E-state index is 0.149. The number of nitrogens with one attached hydrogen (secondary N) is 1. The summed E-state index contributed by atoms with van der Waals surface area (Å²) in [6.07, 6.45) is 0. The number of thiocarbonyl (C=S) groups is 1. The van der Waals surface area contributed by atoms with Gasteiger partial charge in [0.2, 0.25) is 0 Å². The van der Waals surface area contributed by atoms with Crippen LogP contribution in [0.1, 0.15) is 6.92 Å². The lowest BCUT2D eigenvalue weighted by molar-refractivity contribution is 0.445. The molecule has 0 bridgehead atoms. The van der Waals surface area contributed by atoms with Crippen LogP contribution in [-0.4, -0.2) is 37.8 Å². The van der Waals surface area contributed by atoms with E-state index in [9.17, 15) is 8.42 Å². The molecular formula is C5H13N3O2S2. The fourth-order valence-corrected chi connectivity index (χ4v) is 1.57. The van der Waals surface area contributed by atoms with E-state index in [1.54, 1.807) is 6.92 Å². The van der Waals surface area contributed by atoms with Crippen molar-refractivity contribution in [3.63, 3.8) is 0 Å². The highest BCUT2D eigenvalue weighted by Crippen LogP contribution is 2.00. The third kappa shape index (κ3) is 2.67. The molecule has 0 radical (unpaired) electrons. The van der Waals surface area contributed by atoms with Crippen LogP contribution in [0.5, 0.6) is 0 Å². The molecule has 0 aliphatic heterocycles. The summed E-state index contributed by atoms with van der Waals surface area (Å²) >= 11 is 4.66. The number of hydrogen-bond donors (Lipinski definition) is 2. The molecule has 0 aromatic rings. The zero-order valence-electron chi connectivity index (χ0n) is 7.23. The van der Waals surface area contributed by atoms with Gasteiger partial charge in [0.1, 0.15) is 0 Å². The summed E-state index contributed by atoms with van der Waals surface area (Å²) in [5, 5.41) is 0. The van der Waals surface area contributed by atoms with Gasteiger partial charge in [-0.25, -0.2) is 4.72 Å². The van der Waals surface area contributed by atoms with Crippen molar-refractivity contribution in [2.24, 2.45) is 5.73 Å². The molecule has 12 heavy (non-hydrogen) atoms. The van der Waals surface area contributed by atoms with E-state index in [0.717, 1.165) is 4.31 Å². The number of nitrogens with two attached hydrogens (primary N) is 1. The van der Waals surface area contributed by atoms with E-state index >= 15 is 0 Å². The maximum absolute atomic E-state index is 11.1. The Morgan fingerprint density at radius 2 is 2.08 bits per heavy atom. The number of hydrogen-bond acceptors (Lipinski definition) is 3. The van der Waals surface area contributed by atoms with Crippen LogP contribution in [0.2, 0.25) is 0 Å². The lowest BCUT2D eigenvalue weighted by atomic mass is 10.3. The first-order chi connectivity index (χ1) is 5.33. The van der Waals surface area contributed by atoms with Crippen LogP contribution in [0.4, 0.5) is 0 Å². The first kappa shape index (κ1) is 11.8. The van der Waals surface area contributed by atoms with E-state index in [-0.39, 0.29) is 4.99 Å². The normalized spacial score (nSPS) is 14.7. The minimum atomic E-state index is -3.43. The molecule has 0 aliphatic carbocycles. The van der Waals surface area contributed by atoms with Gasteiger partial charge in [0.15, 0.2) is 0 Å². The molecule has 72 valence electrons. The number of rotatable bonds is 4. The highest BCUT2D eigenvalue weighted by atomic mass is 32.2. The molecule has 0 aliphatic rings. The van der Waals surface area contributed by atoms with Gasteiger partial charge in [-0.05, 0) is 6.92 Å². The van der Waals surface area contributed by atoms with E-state index < -0.39 is 16.3 Å². The molecule has 0 saturated heterocycles. The van der Waals surface area contributed by atoms with Crippen molar-refractivity contribution in [1.29, 1.82) is 0 Å². The van der Waals surface area contributed by atoms with Crippen molar-refractivity contribution in [1.82, 2.24) is 9.03 Å². The van der Waals surface area contributed by atoms with Gasteiger partial charge in [0, 0.05) is 14.1 Å². The molecule has 1 unspecified atom stereocenters. The fourth-order valence-electron chi connectivity index (χ4n) is 0.531. The Bertz CT molecular complexity index is 262. The Morgan fingerprint density at radius 3 is 2.33 bits per heavy atom. The molecule has 0 saturated carbocycles. The van der Waals surface area contributed by atoms with Crippen LogP contribution in [0.3, 0.4) is 0 Å². The monoisotopic (exact) mass is 211 g/mol. The zero-order chi connectivity index (χ0) is 9.94. The van der Waals surface area contributed by atoms with Gasteiger partial charge in [-0.15, -0.1) is 0 Å². The molecule has 3 N–H and O–H groups in total. The van der Waals surface area contributed by atoms with Crippen LogP contribution in [0.25, 0.3) is 0 Å². The molecule has 0 rings (SSSR count). The number of nitrogens with zero attached hydrogens (tertiary/aromatic N) is 1. The predicted molar refractivity (Wildman–Crippen MR) is 52.0 cm³/mol. The van der Waals surface area contributed by atoms with E-state index in [0.29, 0.717) is 0 Å². The second-order valence-electron chi connectivity index (χ2n) is 2.30. The molecule has 5 nitrogen and oxygen atoms in total. The third-order valence-electron chi connectivity index (χ3n) is 1.59. The van der Waals surface area contributed by atoms with Gasteiger partial charge in [-0.1, -0.05) is 12.2 Å². The summed E-state index contributed by atoms with van der Waals surface area (Å²) in [7, 11) is -0.683. The van der Waals surface area contributed by atoms with Crippen LogP contribution >= 0.6 is 12.2 Å². The average molecular weight is 211 g/mol. The summed E-state index contributed by atoms with van der Waals surface area (Å²) in [5.41, 5.74) is 5.29. The van der Waals surface area contributed by atoms with Crippen molar-refractivity contribution < 1.29 is 8.42 Å². The quantitative estimate of drug-likeness (QED) is 0.588. The van der Waals surface area contributed by atoms with Crippen LogP contribution in [0, 0.1) is 0 Å². The largest absolute Gasteiger partial charge is 0.392 e. The highest BCUT2D eigenvalue weighted by Gasteiger charge is 2.22. The molecule has 1 atom stereocenters. The Labute approximate surface area is 78.1 Å². The SMILES string of the molecule is CNS(=O)(=O)N(C)C(C)C(N)=S. The second-order valence-corrected chi connectivity index (χ2v) is 4.71. The average Bonchev–Trinajstić information content (AvgIpc) is 2.01. The van der Waals surface area contributed by atoms with Gasteiger partial charge in [-0.3, -0.25) is 0 Å². The summed E-state index contributed by atoms with van der Waals surface area (Å²) in [6.45, 7) is 1.62. The van der Waals surface area contributed by atoms with Gasteiger partial charge in [0.05, 0.1) is 11.0 Å². The molecule has 0 aromatic heterocycles. The molecule has 0 aromatic carbocycles. The Hall–Kier alpha value is -0.240. The zero-order valence-corrected chi connectivity index (χ0v) is 8.87. The fraction of sp³-hybridized carbons (Fsp3) is 0.800. The summed E-state index contributed by atoms with van der Waals surface area (Å²) in [4.78, 5) is 0.149. The van der Waals surface area contributed by atoms with E-state index in [1.165, 1.54) is 14.1 Å². The lowest BCUT2D eigenvalue weighted by Gasteiger charge is -2.22. The summed E-state index contributed by atoms with van der Waals surface area (Å²) in [6, 6.07) is -0.475. The van der Waals surface area contributed by atoms with E-state index in [4.69, 9.17) is 5.73 Å². The molecular weight excluding hydrogens is 198 g/mol. The minimum Gasteiger partial charge on any atom is -0.392 e. The second kappa shape index (κ2) is 4.13. The van der Waals surface area contributed by atoms with Crippen molar-refractivity contribution >= 4 is 27.4 Å². The molecule has 0 amide bonds. The lowest BCUT2D eigenvalue weighted by Crippen LogP contribution is -2.46. The Morgan fingerprint density at radius 1 is 1.67 bits per heavy atom. The highest BCUT2D eigenvalue weighted by molar-refractivity contribution is 7.87. The smallest absolute Gasteiger partial charge is 0.279 e. The van der Waals surface area contributed by atoms with E-state index in [2.05, 4.69) is 16.9 Å². The van der Waals surface area contributed by atoms with Gasteiger partial charge < -0.3 is 5.73 Å². The van der Waals surface area contributed by atoms with Crippen molar-refractivity contribution in [2.75, 3.05) is 14.1 Å². The molecule has 7 heteroatoms. The van der Waals surface area contributed by atoms with Crippen LogP contribution < -0.4 is 10.5 Å². The molecule has 0 spiro atoms. The van der Waals surface area contributed by atoms with Crippen LogP contribution in [-0.2, 0) is 10.2 Å². The predicted octanol–water partition coefficient (Wildman–Crippen LogP) is -0.943. The Balaban J connectivity index is 4.61. The van der Waals surface area contributed by atoms with Gasteiger partial charge in [-0.2, -0.15) is 12.7 Å². The summed E-state index contributed by atoms with van der Waals surface area (Å²) in [5.74, 6) is 0. The van der Waals surface area contributed by atoms with E-state index in [1.807, 2.05) is 0 Å². The van der Waals surface area contributed by atoms with Crippen molar-refractivity contribution in [3.05, 3.63) is 0 Å². The first-order valence-electron chi connectivity index (χ1n) is 3.28. The number of likely N-dealkylation sites (N-methyl/N-ethyl adjacent to an activating group) is 1. The maximum Gasteiger partial charge on any atom is 0.279 e. The first-order valence-corrected chi connectivity index (χ1v) is 5.13. The van der Waals surface area contributed by atoms with Crippen molar-refractivity contribution in [3.8, 4) is 0 Å². The topological polar surface area (TPSA) is 75.4 Å². The Kier molecular flexibility index (Phi) is 4.04. The van der Waals surface area contributed by atoms with Gasteiger partial charge >= 0.3 is 0 Å². The summed E-state index contributed by atoms with van der Waals surface area (Å²) < 4.78 is 25.5. The maximum atomic E-state index is 11.1. The third-order valence-corrected chi connectivity index (χ3v) is 3.53. The standard InChI is InChI=1S/C5H13N3O2S2/c1-4(5(6)11)8(3)12(9,10)7-2/h4,7H,1-3H3,(H2,6,11).